The summed E-state index contributed by atoms with van der Waals surface area (Å²) in [4.78, 5) is 20.3. The van der Waals surface area contributed by atoms with Crippen molar-refractivity contribution in [2.45, 2.75) is 0 Å². The van der Waals surface area contributed by atoms with Crippen LogP contribution in [0.4, 0.5) is 5.69 Å². The molecule has 0 spiro atoms. The molecular formula is C21H20ClN3O. The molecule has 1 aromatic heterocycles. The van der Waals surface area contributed by atoms with E-state index in [4.69, 9.17) is 11.6 Å². The number of aromatic nitrogens is 1. The molecule has 1 aliphatic heterocycles. The van der Waals surface area contributed by atoms with Crippen molar-refractivity contribution in [3.05, 3.63) is 77.6 Å². The fourth-order valence-corrected chi connectivity index (χ4v) is 3.59. The molecule has 5 heteroatoms. The highest BCUT2D eigenvalue weighted by atomic mass is 35.5. The molecule has 0 bridgehead atoms. The minimum Gasteiger partial charge on any atom is -0.368 e. The molecule has 1 saturated heterocycles. The van der Waals surface area contributed by atoms with Gasteiger partial charge in [-0.3, -0.25) is 4.79 Å². The molecule has 0 atom stereocenters. The number of aromatic amines is 1. The van der Waals surface area contributed by atoms with Gasteiger partial charge in [0.1, 0.15) is 0 Å². The van der Waals surface area contributed by atoms with E-state index in [2.05, 4.69) is 16.0 Å². The van der Waals surface area contributed by atoms with Crippen LogP contribution in [0, 0.1) is 0 Å². The molecule has 3 aromatic rings. The number of benzene rings is 2. The average molecular weight is 366 g/mol. The van der Waals surface area contributed by atoms with Crippen LogP contribution in [0.25, 0.3) is 11.1 Å². The van der Waals surface area contributed by atoms with Crippen molar-refractivity contribution < 1.29 is 4.79 Å². The van der Waals surface area contributed by atoms with Gasteiger partial charge in [0, 0.05) is 54.8 Å². The number of nitrogens with one attached hydrogen (secondary N) is 1. The van der Waals surface area contributed by atoms with Crippen molar-refractivity contribution in [1.29, 1.82) is 0 Å². The minimum absolute atomic E-state index is 0.0795. The number of halogens is 1. The molecule has 0 unspecified atom stereocenters. The first-order valence-corrected chi connectivity index (χ1v) is 9.12. The molecule has 0 saturated carbocycles. The Morgan fingerprint density at radius 2 is 1.69 bits per heavy atom. The Hall–Kier alpha value is -2.72. The van der Waals surface area contributed by atoms with E-state index in [1.165, 1.54) is 0 Å². The second-order valence-electron chi connectivity index (χ2n) is 6.41. The summed E-state index contributed by atoms with van der Waals surface area (Å²) in [5.41, 5.74) is 3.84. The van der Waals surface area contributed by atoms with Gasteiger partial charge < -0.3 is 14.8 Å². The van der Waals surface area contributed by atoms with Gasteiger partial charge in [0.05, 0.1) is 5.56 Å². The summed E-state index contributed by atoms with van der Waals surface area (Å²) >= 11 is 6.09. The maximum absolute atomic E-state index is 13.0. The number of piperazine rings is 1. The van der Waals surface area contributed by atoms with E-state index in [1.807, 2.05) is 59.6 Å². The molecule has 1 aliphatic rings. The highest BCUT2D eigenvalue weighted by Crippen LogP contribution is 2.26. The Morgan fingerprint density at radius 3 is 2.42 bits per heavy atom. The fourth-order valence-electron chi connectivity index (χ4n) is 3.41. The largest absolute Gasteiger partial charge is 0.368 e. The van der Waals surface area contributed by atoms with Crippen molar-refractivity contribution in [3.63, 3.8) is 0 Å². The summed E-state index contributed by atoms with van der Waals surface area (Å²) in [7, 11) is 0. The third kappa shape index (κ3) is 3.33. The van der Waals surface area contributed by atoms with Gasteiger partial charge >= 0.3 is 0 Å². The normalized spacial score (nSPS) is 14.5. The molecule has 2 heterocycles. The monoisotopic (exact) mass is 365 g/mol. The van der Waals surface area contributed by atoms with Gasteiger partial charge in [0.2, 0.25) is 0 Å². The van der Waals surface area contributed by atoms with Gasteiger partial charge in [-0.2, -0.15) is 0 Å². The summed E-state index contributed by atoms with van der Waals surface area (Å²) < 4.78 is 0. The Kier molecular flexibility index (Phi) is 4.67. The van der Waals surface area contributed by atoms with Crippen LogP contribution in [-0.2, 0) is 0 Å². The lowest BCUT2D eigenvalue weighted by Gasteiger charge is -2.36. The fraction of sp³-hybridized carbons (Fsp3) is 0.190. The Morgan fingerprint density at radius 1 is 0.923 bits per heavy atom. The van der Waals surface area contributed by atoms with Crippen LogP contribution in [0.3, 0.4) is 0 Å². The lowest BCUT2D eigenvalue weighted by molar-refractivity contribution is 0.0747. The smallest absolute Gasteiger partial charge is 0.256 e. The van der Waals surface area contributed by atoms with Gasteiger partial charge in [-0.25, -0.2) is 0 Å². The Bertz CT molecular complexity index is 898. The van der Waals surface area contributed by atoms with Crippen LogP contribution >= 0.6 is 11.6 Å². The average Bonchev–Trinajstić information content (AvgIpc) is 3.18. The number of carbonyl (C=O) groups is 1. The van der Waals surface area contributed by atoms with E-state index in [-0.39, 0.29) is 5.91 Å². The molecule has 0 radical (unpaired) electrons. The van der Waals surface area contributed by atoms with E-state index >= 15 is 0 Å². The first-order valence-electron chi connectivity index (χ1n) is 8.74. The summed E-state index contributed by atoms with van der Waals surface area (Å²) in [6.45, 7) is 3.00. The van der Waals surface area contributed by atoms with Gasteiger partial charge in [-0.05, 0) is 23.8 Å². The first-order chi connectivity index (χ1) is 12.7. The maximum atomic E-state index is 13.0. The molecular weight excluding hydrogens is 346 g/mol. The molecule has 4 rings (SSSR count). The van der Waals surface area contributed by atoms with Crippen LogP contribution in [0.5, 0.6) is 0 Å². The second kappa shape index (κ2) is 7.26. The number of hydrogen-bond donors (Lipinski definition) is 1. The highest BCUT2D eigenvalue weighted by Gasteiger charge is 2.24. The SMILES string of the molecule is O=C(c1c[nH]cc1-c1ccccc1)N1CCN(c2cccc(Cl)c2)CC1. The van der Waals surface area contributed by atoms with Gasteiger partial charge in [0.25, 0.3) is 5.91 Å². The molecule has 26 heavy (non-hydrogen) atoms. The number of nitrogens with zero attached hydrogens (tertiary/aromatic N) is 2. The molecule has 132 valence electrons. The summed E-state index contributed by atoms with van der Waals surface area (Å²) in [6.07, 6.45) is 3.69. The number of carbonyl (C=O) groups excluding carboxylic acids is 1. The topological polar surface area (TPSA) is 39.3 Å². The maximum Gasteiger partial charge on any atom is 0.256 e. The number of amides is 1. The Balaban J connectivity index is 1.47. The zero-order valence-electron chi connectivity index (χ0n) is 14.4. The van der Waals surface area contributed by atoms with Crippen LogP contribution < -0.4 is 4.90 Å². The zero-order chi connectivity index (χ0) is 17.9. The molecule has 2 aromatic carbocycles. The van der Waals surface area contributed by atoms with E-state index in [9.17, 15) is 4.79 Å². The summed E-state index contributed by atoms with van der Waals surface area (Å²) in [6, 6.07) is 17.9. The standard InChI is InChI=1S/C21H20ClN3O/c22-17-7-4-8-18(13-17)24-9-11-25(12-10-24)21(26)20-15-23-14-19(20)16-5-2-1-3-6-16/h1-8,13-15,23H,9-12H2. The molecule has 1 fully saturated rings. The van der Waals surface area contributed by atoms with Crippen molar-refractivity contribution in [2.24, 2.45) is 0 Å². The van der Waals surface area contributed by atoms with Crippen molar-refractivity contribution in [3.8, 4) is 11.1 Å². The number of H-pyrrole nitrogens is 1. The van der Waals surface area contributed by atoms with Crippen LogP contribution in [0.1, 0.15) is 10.4 Å². The Labute approximate surface area is 158 Å². The molecule has 0 aliphatic carbocycles. The first kappa shape index (κ1) is 16.7. The molecule has 1 N–H and O–H groups in total. The predicted octanol–water partition coefficient (Wildman–Crippen LogP) is 4.30. The van der Waals surface area contributed by atoms with Gasteiger partial charge in [-0.15, -0.1) is 0 Å². The van der Waals surface area contributed by atoms with Crippen molar-refractivity contribution in [2.75, 3.05) is 31.1 Å². The highest BCUT2D eigenvalue weighted by molar-refractivity contribution is 6.30. The number of rotatable bonds is 3. The number of anilines is 1. The lowest BCUT2D eigenvalue weighted by atomic mass is 10.0. The zero-order valence-corrected chi connectivity index (χ0v) is 15.1. The van der Waals surface area contributed by atoms with Crippen LogP contribution in [0.15, 0.2) is 67.0 Å². The quantitative estimate of drug-likeness (QED) is 0.751. The summed E-state index contributed by atoms with van der Waals surface area (Å²) in [5.74, 6) is 0.0795. The van der Waals surface area contributed by atoms with E-state index in [0.717, 1.165) is 40.5 Å². The van der Waals surface area contributed by atoms with Crippen molar-refractivity contribution >= 4 is 23.2 Å². The lowest BCUT2D eigenvalue weighted by Crippen LogP contribution is -2.48. The molecule has 1 amide bonds. The third-order valence-electron chi connectivity index (χ3n) is 4.80. The van der Waals surface area contributed by atoms with E-state index < -0.39 is 0 Å². The van der Waals surface area contributed by atoms with Gasteiger partial charge in [-0.1, -0.05) is 48.0 Å². The van der Waals surface area contributed by atoms with Crippen LogP contribution in [0.2, 0.25) is 5.02 Å². The second-order valence-corrected chi connectivity index (χ2v) is 6.84. The predicted molar refractivity (Wildman–Crippen MR) is 106 cm³/mol. The minimum atomic E-state index is 0.0795. The van der Waals surface area contributed by atoms with E-state index in [0.29, 0.717) is 13.1 Å². The van der Waals surface area contributed by atoms with Crippen LogP contribution in [-0.4, -0.2) is 42.0 Å². The number of hydrogen-bond acceptors (Lipinski definition) is 2. The van der Waals surface area contributed by atoms with Gasteiger partial charge in [0.15, 0.2) is 0 Å². The molecule has 4 nitrogen and oxygen atoms in total. The summed E-state index contributed by atoms with van der Waals surface area (Å²) in [5, 5.41) is 0.737. The van der Waals surface area contributed by atoms with Crippen molar-refractivity contribution in [1.82, 2.24) is 9.88 Å². The van der Waals surface area contributed by atoms with E-state index in [1.54, 1.807) is 6.20 Å². The third-order valence-corrected chi connectivity index (χ3v) is 5.04.